The van der Waals surface area contributed by atoms with E-state index in [2.05, 4.69) is 27.9 Å². The standard InChI is InChI=1S/C12H14O5Si2.C9H20O4Si.C7H18O3Si.C6H14O5Si2.C2H10O5Si2.CH2O.2CH4/c13-18(14,11-7-3-1-4-8-11)17-19(15,16)12-9-5-2-6-10-12;1-10-14(3,11-2)6-4-5-12-7-9-8-13-9;1-5-8-11(4,9-6-2)10-7-3;1-3-5-12(7,8)11-13(9,10)6-4-2;1-8(3,4)7-9(2,5)6;1-2;;/h1-10,13-16H;9H,4-8H2,1-3H3;5-7H2,1-4H3;3-4,7-10H,1-2,5-6H2;3-6H,1-2H3;1H2;2*1H4. The lowest BCUT2D eigenvalue weighted by atomic mass is 10.4. The quantitative estimate of drug-likeness (QED) is 0.0253. The van der Waals surface area contributed by atoms with Gasteiger partial charge in [-0.15, -0.1) is 13.2 Å². The van der Waals surface area contributed by atoms with E-state index < -0.39 is 70.2 Å². The molecule has 70 heavy (non-hydrogen) atoms. The normalized spacial score (nSPS) is 13.7. The Morgan fingerprint density at radius 3 is 1.20 bits per heavy atom. The van der Waals surface area contributed by atoms with Gasteiger partial charge in [-0.3, -0.25) is 0 Å². The van der Waals surface area contributed by atoms with Crippen LogP contribution in [0.25, 0.3) is 0 Å². The van der Waals surface area contributed by atoms with Crippen LogP contribution in [0.4, 0.5) is 0 Å². The topological polar surface area (TPSA) is 355 Å². The summed E-state index contributed by atoms with van der Waals surface area (Å²) >= 11 is 0. The molecule has 23 nitrogen and oxygen atoms in total. The highest BCUT2D eigenvalue weighted by atomic mass is 28.5. The molecule has 31 heteroatoms. The van der Waals surface area contributed by atoms with Gasteiger partial charge in [-0.2, -0.15) is 0 Å². The van der Waals surface area contributed by atoms with E-state index in [1.54, 1.807) is 50.6 Å². The van der Waals surface area contributed by atoms with Crippen LogP contribution in [0, 0.1) is 0 Å². The Labute approximate surface area is 424 Å². The van der Waals surface area contributed by atoms with E-state index in [4.69, 9.17) is 78.9 Å². The van der Waals surface area contributed by atoms with Crippen molar-refractivity contribution in [3.05, 3.63) is 86.0 Å². The number of allylic oxidation sites excluding steroid dienone is 2. The summed E-state index contributed by atoms with van der Waals surface area (Å²) in [6, 6.07) is 16.4. The Morgan fingerprint density at radius 2 is 0.943 bits per heavy atom. The van der Waals surface area contributed by atoms with Crippen LogP contribution < -0.4 is 10.4 Å². The Bertz CT molecular complexity index is 1470. The van der Waals surface area contributed by atoms with E-state index in [-0.39, 0.29) is 37.3 Å². The molecular weight excluding hydrogens is 1060 g/mol. The first-order valence-corrected chi connectivity index (χ1v) is 37.9. The summed E-state index contributed by atoms with van der Waals surface area (Å²) in [4.78, 5) is 119. The summed E-state index contributed by atoms with van der Waals surface area (Å²) in [6.07, 6.45) is 3.87. The molecule has 2 aromatic carbocycles. The molecule has 0 saturated carbocycles. The van der Waals surface area contributed by atoms with Gasteiger partial charge in [-0.05, 0) is 39.8 Å². The highest BCUT2D eigenvalue weighted by Gasteiger charge is 2.48. The monoisotopic (exact) mass is 1150 g/mol. The number of hydrogen-bond donors (Lipinski definition) is 12. The van der Waals surface area contributed by atoms with Crippen molar-refractivity contribution in [1.82, 2.24) is 0 Å². The van der Waals surface area contributed by atoms with Gasteiger partial charge in [0.2, 0.25) is 0 Å². The van der Waals surface area contributed by atoms with E-state index in [9.17, 15) is 19.2 Å². The van der Waals surface area contributed by atoms with Crippen LogP contribution in [-0.2, 0) is 48.7 Å². The number of hydrogen-bond acceptors (Lipinski definition) is 23. The largest absolute Gasteiger partial charge is 0.524 e. The molecule has 1 fully saturated rings. The van der Waals surface area contributed by atoms with Gasteiger partial charge < -0.3 is 106 Å². The number of rotatable bonds is 26. The Kier molecular flexibility index (Phi) is 43.0. The molecule has 1 aliphatic rings. The molecule has 0 amide bonds. The van der Waals surface area contributed by atoms with E-state index >= 15 is 0 Å². The van der Waals surface area contributed by atoms with E-state index in [0.29, 0.717) is 25.9 Å². The molecule has 0 aliphatic carbocycles. The smallest absolute Gasteiger partial charge is 0.398 e. The molecule has 0 spiro atoms. The van der Waals surface area contributed by atoms with E-state index in [1.807, 2.05) is 34.1 Å². The van der Waals surface area contributed by atoms with Gasteiger partial charge in [0.15, 0.2) is 0 Å². The third-order valence-electron chi connectivity index (χ3n) is 7.83. The summed E-state index contributed by atoms with van der Waals surface area (Å²) in [5.74, 6) is 0. The van der Waals surface area contributed by atoms with Crippen molar-refractivity contribution in [2.45, 2.75) is 92.5 Å². The van der Waals surface area contributed by atoms with Crippen LogP contribution in [0.3, 0.4) is 0 Å². The van der Waals surface area contributed by atoms with Crippen LogP contribution in [0.5, 0.6) is 0 Å². The maximum absolute atomic E-state index is 9.97. The fourth-order valence-electron chi connectivity index (χ4n) is 4.79. The summed E-state index contributed by atoms with van der Waals surface area (Å²) in [6.45, 7) is 24.8. The minimum absolute atomic E-state index is 0. The Hall–Kier alpha value is -1.55. The van der Waals surface area contributed by atoms with Crippen molar-refractivity contribution in [3.63, 3.8) is 0 Å². The minimum Gasteiger partial charge on any atom is -0.398 e. The van der Waals surface area contributed by atoms with Crippen molar-refractivity contribution in [1.29, 1.82) is 0 Å². The molecule has 3 rings (SSSR count). The van der Waals surface area contributed by atoms with Gasteiger partial charge in [0, 0.05) is 82.7 Å². The molecule has 2 aromatic rings. The average molecular weight is 1150 g/mol. The summed E-state index contributed by atoms with van der Waals surface area (Å²) in [5.41, 5.74) is 0. The maximum Gasteiger partial charge on any atom is 0.524 e. The van der Waals surface area contributed by atoms with Crippen molar-refractivity contribution in [3.8, 4) is 0 Å². The zero-order valence-corrected chi connectivity index (χ0v) is 48.6. The SMILES string of the molecule is C.C.C=CC[Si](O)(O)O[Si](O)(O)CC=C.C=O.CCO[Si](C)(OCC)OCC.CO[Si](C)(CCCOCC1CO1)OC.C[Si](O)(O)O[Si](C)(O)O.O[Si](O)(O[Si](O)(O)c1ccccc1)c1ccccc1. The maximum atomic E-state index is 9.97. The lowest BCUT2D eigenvalue weighted by Gasteiger charge is -2.25. The lowest BCUT2D eigenvalue weighted by Crippen LogP contribution is -2.64. The van der Waals surface area contributed by atoms with Crippen molar-refractivity contribution in [2.75, 3.05) is 53.9 Å². The van der Waals surface area contributed by atoms with Gasteiger partial charge in [0.05, 0.1) is 13.2 Å². The van der Waals surface area contributed by atoms with Crippen molar-refractivity contribution < 1.29 is 106 Å². The molecule has 1 atom stereocenters. The zero-order chi connectivity index (χ0) is 53.4. The molecule has 1 unspecified atom stereocenters. The van der Waals surface area contributed by atoms with Crippen LogP contribution in [0.2, 0.25) is 44.3 Å². The first-order valence-electron chi connectivity index (χ1n) is 21.0. The zero-order valence-electron chi connectivity index (χ0n) is 40.6. The van der Waals surface area contributed by atoms with Gasteiger partial charge in [0.1, 0.15) is 12.9 Å². The summed E-state index contributed by atoms with van der Waals surface area (Å²) in [7, 11) is -24.8. The van der Waals surface area contributed by atoms with Gasteiger partial charge in [-0.1, -0.05) is 87.7 Å². The summed E-state index contributed by atoms with van der Waals surface area (Å²) < 4.78 is 50.9. The fraction of sp³-hybridized carbons (Fsp3) is 0.564. The van der Waals surface area contributed by atoms with Crippen LogP contribution >= 0.6 is 0 Å². The molecule has 1 heterocycles. The van der Waals surface area contributed by atoms with Crippen LogP contribution in [-0.4, -0.2) is 194 Å². The Morgan fingerprint density at radius 1 is 0.600 bits per heavy atom. The van der Waals surface area contributed by atoms with Gasteiger partial charge >= 0.3 is 70.2 Å². The number of carbonyl (C=O) groups excluding carboxylic acids is 1. The molecule has 0 radical (unpaired) electrons. The van der Waals surface area contributed by atoms with Crippen molar-refractivity contribution >= 4 is 87.4 Å². The second-order valence-electron chi connectivity index (χ2n) is 14.4. The van der Waals surface area contributed by atoms with Crippen molar-refractivity contribution in [2.24, 2.45) is 0 Å². The first kappa shape index (κ1) is 77.3. The number of carbonyl (C=O) groups is 1. The number of ether oxygens (including phenoxy) is 2. The van der Waals surface area contributed by atoms with E-state index in [1.165, 1.54) is 36.4 Å². The molecule has 0 aromatic heterocycles. The predicted octanol–water partition coefficient (Wildman–Crippen LogP) is -0.0954. The Balaban J connectivity index is -0.000000253. The third kappa shape index (κ3) is 41.9. The first-order chi connectivity index (χ1) is 31.3. The van der Waals surface area contributed by atoms with E-state index in [0.717, 1.165) is 45.4 Å². The average Bonchev–Trinajstić information content (AvgIpc) is 4.06. The second-order valence-corrected chi connectivity index (χ2v) is 34.2. The van der Waals surface area contributed by atoms with Crippen LogP contribution in [0.15, 0.2) is 86.0 Å². The third-order valence-corrected chi connectivity index (χ3v) is 25.1. The molecule has 0 bridgehead atoms. The van der Waals surface area contributed by atoms with Crippen LogP contribution in [0.1, 0.15) is 42.0 Å². The van der Waals surface area contributed by atoms with Gasteiger partial charge in [0.25, 0.3) is 0 Å². The fourth-order valence-corrected chi connectivity index (χ4v) is 18.2. The molecular formula is C39H86O23Si8. The highest BCUT2D eigenvalue weighted by molar-refractivity contribution is 6.85. The predicted molar refractivity (Wildman–Crippen MR) is 281 cm³/mol. The minimum atomic E-state index is -4.34. The highest BCUT2D eigenvalue weighted by Crippen LogP contribution is 2.16. The molecule has 1 aliphatic heterocycles. The molecule has 12 N–H and O–H groups in total. The summed E-state index contributed by atoms with van der Waals surface area (Å²) in [5, 5.41) is 0.316. The second kappa shape index (κ2) is 38.9. The number of benzene rings is 2. The van der Waals surface area contributed by atoms with Gasteiger partial charge in [-0.25, -0.2) is 0 Å². The number of epoxide rings is 1. The molecule has 1 saturated heterocycles. The lowest BCUT2D eigenvalue weighted by molar-refractivity contribution is -0.0980. The molecule has 412 valence electrons.